The lowest BCUT2D eigenvalue weighted by molar-refractivity contribution is 0.0635. The van der Waals surface area contributed by atoms with E-state index in [-0.39, 0.29) is 29.5 Å². The van der Waals surface area contributed by atoms with Gasteiger partial charge in [-0.25, -0.2) is 4.79 Å². The molecule has 0 unspecified atom stereocenters. The van der Waals surface area contributed by atoms with Crippen LogP contribution in [-0.4, -0.2) is 29.9 Å². The molecular weight excluding hydrogens is 266 g/mol. The fourth-order valence-electron chi connectivity index (χ4n) is 1.68. The highest BCUT2D eigenvalue weighted by Gasteiger charge is 2.25. The molecule has 7 heteroatoms. The van der Waals surface area contributed by atoms with Gasteiger partial charge in [0.25, 0.3) is 0 Å². The third-order valence-corrected chi connectivity index (χ3v) is 2.43. The number of carbonyl (C=O) groups excluding carboxylic acids is 2. The van der Waals surface area contributed by atoms with Gasteiger partial charge >= 0.3 is 6.09 Å². The molecule has 1 heterocycles. The van der Waals surface area contributed by atoms with Crippen LogP contribution in [0.4, 0.5) is 10.5 Å². The summed E-state index contributed by atoms with van der Waals surface area (Å²) in [6.07, 6.45) is -0.313. The third kappa shape index (κ3) is 2.76. The van der Waals surface area contributed by atoms with Crippen LogP contribution in [0.25, 0.3) is 0 Å². The van der Waals surface area contributed by atoms with Crippen molar-refractivity contribution in [2.75, 3.05) is 12.1 Å². The van der Waals surface area contributed by atoms with Gasteiger partial charge in [-0.1, -0.05) is 0 Å². The first-order chi connectivity index (χ1) is 9.31. The minimum Gasteiger partial charge on any atom is -0.505 e. The summed E-state index contributed by atoms with van der Waals surface area (Å²) in [5, 5.41) is 12.3. The Morgan fingerprint density at radius 2 is 2.15 bits per heavy atom. The van der Waals surface area contributed by atoms with Crippen LogP contribution in [-0.2, 0) is 4.74 Å². The Bertz CT molecular complexity index is 561. The highest BCUT2D eigenvalue weighted by atomic mass is 16.7. The predicted molar refractivity (Wildman–Crippen MR) is 69.5 cm³/mol. The molecule has 0 saturated carbocycles. The van der Waals surface area contributed by atoms with Crippen LogP contribution in [0.15, 0.2) is 6.07 Å². The molecule has 0 radical (unpaired) electrons. The number of ether oxygens (including phenoxy) is 3. The zero-order valence-electron chi connectivity index (χ0n) is 11.4. The van der Waals surface area contributed by atoms with E-state index in [4.69, 9.17) is 14.2 Å². The second kappa shape index (κ2) is 4.92. The highest BCUT2D eigenvalue weighted by molar-refractivity contribution is 5.95. The number of anilines is 1. The lowest BCUT2D eigenvalue weighted by Gasteiger charge is -2.20. The van der Waals surface area contributed by atoms with Crippen molar-refractivity contribution >= 4 is 18.1 Å². The van der Waals surface area contributed by atoms with Gasteiger partial charge in [0.15, 0.2) is 23.5 Å². The summed E-state index contributed by atoms with van der Waals surface area (Å²) < 4.78 is 15.3. The van der Waals surface area contributed by atoms with Gasteiger partial charge in [0.05, 0.1) is 5.69 Å². The van der Waals surface area contributed by atoms with E-state index in [1.807, 2.05) is 0 Å². The van der Waals surface area contributed by atoms with E-state index in [1.54, 1.807) is 20.8 Å². The van der Waals surface area contributed by atoms with Crippen molar-refractivity contribution in [2.45, 2.75) is 26.4 Å². The fraction of sp³-hybridized carbons (Fsp3) is 0.385. The summed E-state index contributed by atoms with van der Waals surface area (Å²) in [7, 11) is 0. The van der Waals surface area contributed by atoms with Gasteiger partial charge in [-0.2, -0.15) is 0 Å². The number of aromatic hydroxyl groups is 1. The smallest absolute Gasteiger partial charge is 0.412 e. The second-order valence-corrected chi connectivity index (χ2v) is 5.16. The fourth-order valence-corrected chi connectivity index (χ4v) is 1.68. The van der Waals surface area contributed by atoms with E-state index in [2.05, 4.69) is 5.32 Å². The number of hydrogen-bond acceptors (Lipinski definition) is 6. The van der Waals surface area contributed by atoms with Gasteiger partial charge in [-0.15, -0.1) is 0 Å². The zero-order valence-corrected chi connectivity index (χ0v) is 11.4. The second-order valence-electron chi connectivity index (χ2n) is 5.16. The Morgan fingerprint density at radius 3 is 2.75 bits per heavy atom. The van der Waals surface area contributed by atoms with Gasteiger partial charge in [-0.05, 0) is 20.8 Å². The maximum atomic E-state index is 11.7. The summed E-state index contributed by atoms with van der Waals surface area (Å²) in [5.41, 5.74) is -0.736. The van der Waals surface area contributed by atoms with Crippen LogP contribution in [0.2, 0.25) is 0 Å². The van der Waals surface area contributed by atoms with Crippen molar-refractivity contribution in [1.29, 1.82) is 0 Å². The highest BCUT2D eigenvalue weighted by Crippen LogP contribution is 2.44. The minimum atomic E-state index is -0.747. The summed E-state index contributed by atoms with van der Waals surface area (Å²) in [5.74, 6) is 0.0401. The van der Waals surface area contributed by atoms with Gasteiger partial charge in [0.1, 0.15) is 11.2 Å². The monoisotopic (exact) mass is 281 g/mol. The first-order valence-electron chi connectivity index (χ1n) is 5.92. The molecule has 0 aliphatic carbocycles. The van der Waals surface area contributed by atoms with Crippen molar-refractivity contribution in [3.8, 4) is 17.2 Å². The van der Waals surface area contributed by atoms with E-state index in [9.17, 15) is 14.7 Å². The minimum absolute atomic E-state index is 0.0191. The zero-order chi connectivity index (χ0) is 14.9. The first-order valence-corrected chi connectivity index (χ1v) is 5.92. The van der Waals surface area contributed by atoms with Gasteiger partial charge in [-0.3, -0.25) is 10.1 Å². The molecule has 1 aromatic rings. The lowest BCUT2D eigenvalue weighted by atomic mass is 10.1. The molecule has 0 aromatic heterocycles. The van der Waals surface area contributed by atoms with E-state index in [0.29, 0.717) is 6.29 Å². The van der Waals surface area contributed by atoms with E-state index < -0.39 is 17.4 Å². The van der Waals surface area contributed by atoms with Crippen LogP contribution in [0.1, 0.15) is 31.1 Å². The number of fused-ring (bicyclic) bond motifs is 1. The number of aldehydes is 1. The lowest BCUT2D eigenvalue weighted by Crippen LogP contribution is -2.27. The van der Waals surface area contributed by atoms with Gasteiger partial charge < -0.3 is 19.3 Å². The molecule has 20 heavy (non-hydrogen) atoms. The maximum absolute atomic E-state index is 11.7. The summed E-state index contributed by atoms with van der Waals surface area (Å²) in [4.78, 5) is 22.7. The Morgan fingerprint density at radius 1 is 1.45 bits per heavy atom. The number of benzene rings is 1. The van der Waals surface area contributed by atoms with Crippen molar-refractivity contribution in [3.63, 3.8) is 0 Å². The molecule has 0 atom stereocenters. The molecule has 1 aromatic carbocycles. The number of phenolic OH excluding ortho intramolecular Hbond substituents is 1. The molecule has 1 aliphatic rings. The molecule has 1 aliphatic heterocycles. The Hall–Kier alpha value is -2.44. The summed E-state index contributed by atoms with van der Waals surface area (Å²) in [6, 6.07) is 1.37. The van der Waals surface area contributed by atoms with Crippen LogP contribution in [0, 0.1) is 0 Å². The number of amides is 1. The number of phenols is 1. The van der Waals surface area contributed by atoms with Crippen molar-refractivity contribution < 1.29 is 28.9 Å². The first kappa shape index (κ1) is 14.0. The number of nitrogens with one attached hydrogen (secondary N) is 1. The Labute approximate surface area is 115 Å². The van der Waals surface area contributed by atoms with Crippen LogP contribution < -0.4 is 14.8 Å². The molecule has 0 spiro atoms. The van der Waals surface area contributed by atoms with Crippen molar-refractivity contribution in [1.82, 2.24) is 0 Å². The summed E-state index contributed by atoms with van der Waals surface area (Å²) >= 11 is 0. The van der Waals surface area contributed by atoms with E-state index in [0.717, 1.165) is 0 Å². The normalized spacial score (nSPS) is 12.9. The van der Waals surface area contributed by atoms with Crippen molar-refractivity contribution in [2.24, 2.45) is 0 Å². The molecule has 2 rings (SSSR count). The van der Waals surface area contributed by atoms with Crippen molar-refractivity contribution in [3.05, 3.63) is 11.6 Å². The molecule has 0 bridgehead atoms. The molecule has 108 valence electrons. The average molecular weight is 281 g/mol. The van der Waals surface area contributed by atoms with Crippen LogP contribution in [0.5, 0.6) is 17.2 Å². The van der Waals surface area contributed by atoms with Gasteiger partial charge in [0, 0.05) is 6.07 Å². The molecule has 7 nitrogen and oxygen atoms in total. The van der Waals surface area contributed by atoms with E-state index in [1.165, 1.54) is 6.07 Å². The van der Waals surface area contributed by atoms with Crippen LogP contribution >= 0.6 is 0 Å². The van der Waals surface area contributed by atoms with Gasteiger partial charge in [0.2, 0.25) is 6.79 Å². The van der Waals surface area contributed by atoms with E-state index >= 15 is 0 Å². The van der Waals surface area contributed by atoms with Crippen LogP contribution in [0.3, 0.4) is 0 Å². The Balaban J connectivity index is 2.29. The average Bonchev–Trinajstić information content (AvgIpc) is 2.75. The number of carbonyl (C=O) groups is 2. The standard InChI is InChI=1S/C13H15NO6/c1-13(2,3)20-12(17)14-8-4-9-11(19-6-18-9)7(5-15)10(8)16/h4-5,16H,6H2,1-3H3,(H,14,17). The Kier molecular flexibility index (Phi) is 3.44. The number of rotatable bonds is 2. The topological polar surface area (TPSA) is 94.1 Å². The molecule has 1 amide bonds. The molecule has 2 N–H and O–H groups in total. The third-order valence-electron chi connectivity index (χ3n) is 2.43. The predicted octanol–water partition coefficient (Wildman–Crippen LogP) is 2.28. The quantitative estimate of drug-likeness (QED) is 0.638. The largest absolute Gasteiger partial charge is 0.505 e. The molecule has 0 saturated heterocycles. The molecule has 0 fully saturated rings. The molecular formula is C13H15NO6. The number of hydrogen-bond donors (Lipinski definition) is 2. The maximum Gasteiger partial charge on any atom is 0.412 e. The SMILES string of the molecule is CC(C)(C)OC(=O)Nc1cc2c(c(C=O)c1O)OCO2. The summed E-state index contributed by atoms with van der Waals surface area (Å²) in [6.45, 7) is 5.08.